The topological polar surface area (TPSA) is 54.5 Å². The molecular formula is C19H16Cl2FN3O2S. The van der Waals surface area contributed by atoms with Gasteiger partial charge in [-0.25, -0.2) is 14.2 Å². The van der Waals surface area contributed by atoms with Gasteiger partial charge in [-0.2, -0.15) is 0 Å². The monoisotopic (exact) mass is 439 g/mol. The van der Waals surface area contributed by atoms with Crippen LogP contribution in [0.1, 0.15) is 12.8 Å². The lowest BCUT2D eigenvalue weighted by Gasteiger charge is -2.31. The van der Waals surface area contributed by atoms with Crippen LogP contribution in [-0.4, -0.2) is 35.1 Å². The number of fused-ring (bicyclic) bond motifs is 1. The van der Waals surface area contributed by atoms with Crippen LogP contribution in [0.2, 0.25) is 10.0 Å². The van der Waals surface area contributed by atoms with Crippen LogP contribution in [0.15, 0.2) is 36.4 Å². The lowest BCUT2D eigenvalue weighted by molar-refractivity contribution is 0.115. The molecular weight excluding hydrogens is 424 g/mol. The summed E-state index contributed by atoms with van der Waals surface area (Å²) in [6.07, 6.45) is 1.36. The van der Waals surface area contributed by atoms with Gasteiger partial charge in [0.15, 0.2) is 0 Å². The molecule has 146 valence electrons. The Labute approximate surface area is 175 Å². The fraction of sp³-hybridized carbons (Fsp3) is 0.263. The molecule has 1 aromatic heterocycles. The Balaban J connectivity index is 1.32. The number of rotatable bonds is 3. The van der Waals surface area contributed by atoms with Crippen LogP contribution < -0.4 is 10.1 Å². The summed E-state index contributed by atoms with van der Waals surface area (Å²) in [5, 5.41) is 4.18. The molecule has 0 spiro atoms. The van der Waals surface area contributed by atoms with Crippen molar-refractivity contribution in [2.75, 3.05) is 18.4 Å². The van der Waals surface area contributed by atoms with Crippen molar-refractivity contribution in [3.8, 4) is 5.19 Å². The second-order valence-electron chi connectivity index (χ2n) is 6.46. The molecule has 1 aliphatic heterocycles. The van der Waals surface area contributed by atoms with E-state index in [9.17, 15) is 9.18 Å². The van der Waals surface area contributed by atoms with E-state index in [1.807, 2.05) is 0 Å². The van der Waals surface area contributed by atoms with E-state index in [2.05, 4.69) is 10.3 Å². The fourth-order valence-corrected chi connectivity index (χ4v) is 4.23. The van der Waals surface area contributed by atoms with Gasteiger partial charge in [0.1, 0.15) is 11.9 Å². The number of halogens is 3. The second kappa shape index (κ2) is 8.11. The number of anilines is 1. The van der Waals surface area contributed by atoms with Crippen LogP contribution in [0, 0.1) is 5.82 Å². The van der Waals surface area contributed by atoms with Gasteiger partial charge in [0.25, 0.3) is 5.19 Å². The van der Waals surface area contributed by atoms with Crippen LogP contribution in [0.5, 0.6) is 5.19 Å². The third kappa shape index (κ3) is 4.32. The highest BCUT2D eigenvalue weighted by Gasteiger charge is 2.25. The van der Waals surface area contributed by atoms with Gasteiger partial charge in [0.2, 0.25) is 0 Å². The highest BCUT2D eigenvalue weighted by molar-refractivity contribution is 7.20. The number of nitrogens with zero attached hydrogens (tertiary/aromatic N) is 2. The Hall–Kier alpha value is -2.09. The molecule has 0 aliphatic carbocycles. The number of amides is 2. The molecule has 1 fully saturated rings. The number of carbonyl (C=O) groups excluding carboxylic acids is 1. The van der Waals surface area contributed by atoms with Crippen molar-refractivity contribution < 1.29 is 13.9 Å². The molecule has 0 bridgehead atoms. The van der Waals surface area contributed by atoms with Crippen LogP contribution >= 0.6 is 34.5 Å². The van der Waals surface area contributed by atoms with Gasteiger partial charge in [-0.15, -0.1) is 0 Å². The SMILES string of the molecule is O=C(Nc1ccc(Cl)c(Cl)c1)N1CCC(Oc2nc3ccc(F)cc3s2)CC1. The molecule has 9 heteroatoms. The summed E-state index contributed by atoms with van der Waals surface area (Å²) >= 11 is 13.2. The predicted molar refractivity (Wildman–Crippen MR) is 110 cm³/mol. The molecule has 2 heterocycles. The summed E-state index contributed by atoms with van der Waals surface area (Å²) in [6, 6.07) is 9.26. The number of thiazole rings is 1. The van der Waals surface area contributed by atoms with E-state index in [0.29, 0.717) is 46.9 Å². The zero-order chi connectivity index (χ0) is 19.7. The summed E-state index contributed by atoms with van der Waals surface area (Å²) in [5.74, 6) is -0.288. The molecule has 0 atom stereocenters. The fourth-order valence-electron chi connectivity index (χ4n) is 3.02. The standard InChI is InChI=1S/C19H16Cl2FN3O2S/c20-14-3-2-12(10-15(14)21)23-18(26)25-7-5-13(6-8-25)27-19-24-16-4-1-11(22)9-17(16)28-19/h1-4,9-10,13H,5-8H2,(H,23,26). The van der Waals surface area contributed by atoms with Gasteiger partial charge in [0, 0.05) is 31.6 Å². The molecule has 0 saturated carbocycles. The number of benzene rings is 2. The maximum absolute atomic E-state index is 13.3. The quantitative estimate of drug-likeness (QED) is 0.559. The molecule has 3 aromatic rings. The normalized spacial score (nSPS) is 15.0. The van der Waals surface area contributed by atoms with E-state index < -0.39 is 0 Å². The predicted octanol–water partition coefficient (Wildman–Crippen LogP) is 5.82. The largest absolute Gasteiger partial charge is 0.467 e. The van der Waals surface area contributed by atoms with Crippen molar-refractivity contribution >= 4 is 56.5 Å². The van der Waals surface area contributed by atoms with Crippen molar-refractivity contribution in [1.82, 2.24) is 9.88 Å². The first-order valence-corrected chi connectivity index (χ1v) is 10.3. The number of likely N-dealkylation sites (tertiary alicyclic amines) is 1. The van der Waals surface area contributed by atoms with Crippen LogP contribution in [-0.2, 0) is 0 Å². The molecule has 5 nitrogen and oxygen atoms in total. The Bertz CT molecular complexity index is 1020. The maximum Gasteiger partial charge on any atom is 0.321 e. The molecule has 0 unspecified atom stereocenters. The second-order valence-corrected chi connectivity index (χ2v) is 8.26. The maximum atomic E-state index is 13.3. The van der Waals surface area contributed by atoms with Crippen LogP contribution in [0.3, 0.4) is 0 Å². The van der Waals surface area contributed by atoms with Gasteiger partial charge < -0.3 is 15.0 Å². The van der Waals surface area contributed by atoms with E-state index in [1.165, 1.54) is 23.5 Å². The van der Waals surface area contributed by atoms with Gasteiger partial charge in [0.05, 0.1) is 20.3 Å². The summed E-state index contributed by atoms with van der Waals surface area (Å²) < 4.78 is 20.0. The number of piperidine rings is 1. The lowest BCUT2D eigenvalue weighted by atomic mass is 10.1. The average Bonchev–Trinajstić information content (AvgIpc) is 3.06. The summed E-state index contributed by atoms with van der Waals surface area (Å²) in [7, 11) is 0. The minimum Gasteiger partial charge on any atom is -0.467 e. The minimum absolute atomic E-state index is 0.0283. The van der Waals surface area contributed by atoms with Gasteiger partial charge in [-0.05, 0) is 36.4 Å². The first-order valence-electron chi connectivity index (χ1n) is 8.71. The van der Waals surface area contributed by atoms with Gasteiger partial charge in [-0.3, -0.25) is 0 Å². The molecule has 1 aliphatic rings. The summed E-state index contributed by atoms with van der Waals surface area (Å²) in [4.78, 5) is 18.5. The van der Waals surface area contributed by atoms with E-state index in [0.717, 1.165) is 10.2 Å². The van der Waals surface area contributed by atoms with Crippen molar-refractivity contribution in [3.05, 3.63) is 52.3 Å². The number of ether oxygens (including phenoxy) is 1. The molecule has 1 saturated heterocycles. The van der Waals surface area contributed by atoms with Crippen LogP contribution in [0.25, 0.3) is 10.2 Å². The summed E-state index contributed by atoms with van der Waals surface area (Å²) in [6.45, 7) is 1.13. The zero-order valence-corrected chi connectivity index (χ0v) is 17.0. The number of hydrogen-bond donors (Lipinski definition) is 1. The highest BCUT2D eigenvalue weighted by Crippen LogP contribution is 2.30. The molecule has 1 N–H and O–H groups in total. The summed E-state index contributed by atoms with van der Waals surface area (Å²) in [5.41, 5.74) is 1.32. The molecule has 2 aromatic carbocycles. The highest BCUT2D eigenvalue weighted by atomic mass is 35.5. The third-order valence-electron chi connectivity index (χ3n) is 4.50. The Morgan fingerprint density at radius 2 is 1.96 bits per heavy atom. The first-order chi connectivity index (χ1) is 13.5. The minimum atomic E-state index is -0.288. The van der Waals surface area contributed by atoms with Crippen molar-refractivity contribution in [1.29, 1.82) is 0 Å². The number of hydrogen-bond acceptors (Lipinski definition) is 4. The number of urea groups is 1. The van der Waals surface area contributed by atoms with Crippen molar-refractivity contribution in [2.45, 2.75) is 18.9 Å². The van der Waals surface area contributed by atoms with Crippen LogP contribution in [0.4, 0.5) is 14.9 Å². The Kier molecular flexibility index (Phi) is 5.57. The van der Waals surface area contributed by atoms with E-state index in [1.54, 1.807) is 29.2 Å². The van der Waals surface area contributed by atoms with Crippen molar-refractivity contribution in [3.63, 3.8) is 0 Å². The molecule has 28 heavy (non-hydrogen) atoms. The van der Waals surface area contributed by atoms with Gasteiger partial charge >= 0.3 is 6.03 Å². The average molecular weight is 440 g/mol. The molecule has 4 rings (SSSR count). The zero-order valence-electron chi connectivity index (χ0n) is 14.6. The van der Waals surface area contributed by atoms with Gasteiger partial charge in [-0.1, -0.05) is 34.5 Å². The molecule has 0 radical (unpaired) electrons. The lowest BCUT2D eigenvalue weighted by Crippen LogP contribution is -2.43. The third-order valence-corrected chi connectivity index (χ3v) is 6.15. The van der Waals surface area contributed by atoms with E-state index >= 15 is 0 Å². The number of nitrogens with one attached hydrogen (secondary N) is 1. The smallest absolute Gasteiger partial charge is 0.321 e. The number of carbonyl (C=O) groups is 1. The van der Waals surface area contributed by atoms with E-state index in [4.69, 9.17) is 27.9 Å². The van der Waals surface area contributed by atoms with Crippen molar-refractivity contribution in [2.24, 2.45) is 0 Å². The first kappa shape index (κ1) is 19.2. The number of aromatic nitrogens is 1. The van der Waals surface area contributed by atoms with E-state index in [-0.39, 0.29) is 18.0 Å². The Morgan fingerprint density at radius 3 is 2.71 bits per heavy atom. The Morgan fingerprint density at radius 1 is 1.18 bits per heavy atom. The molecule has 2 amide bonds.